The second-order valence-electron chi connectivity index (χ2n) is 8.27. The van der Waals surface area contributed by atoms with Gasteiger partial charge >= 0.3 is 0 Å². The van der Waals surface area contributed by atoms with Crippen LogP contribution < -0.4 is 10.9 Å². The van der Waals surface area contributed by atoms with E-state index in [2.05, 4.69) is 51.3 Å². The Morgan fingerprint density at radius 3 is 2.76 bits per heavy atom. The molecule has 9 heteroatoms. The van der Waals surface area contributed by atoms with Crippen molar-refractivity contribution in [3.63, 3.8) is 0 Å². The minimum absolute atomic E-state index is 0.0529. The number of thioether (sulfide) groups is 1. The summed E-state index contributed by atoms with van der Waals surface area (Å²) in [6, 6.07) is 15.9. The summed E-state index contributed by atoms with van der Waals surface area (Å²) in [7, 11) is 0. The number of hydrogen-bond donors (Lipinski definition) is 1. The Bertz CT molecular complexity index is 1430. The number of carbonyl (C=O) groups is 1. The molecule has 8 nitrogen and oxygen atoms in total. The van der Waals surface area contributed by atoms with Crippen molar-refractivity contribution in [2.24, 2.45) is 0 Å². The van der Waals surface area contributed by atoms with Crippen LogP contribution >= 0.6 is 11.8 Å². The van der Waals surface area contributed by atoms with Gasteiger partial charge < -0.3 is 5.32 Å². The molecule has 1 amide bonds. The van der Waals surface area contributed by atoms with E-state index in [1.165, 1.54) is 22.9 Å². The van der Waals surface area contributed by atoms with E-state index in [0.717, 1.165) is 31.6 Å². The van der Waals surface area contributed by atoms with E-state index in [0.29, 0.717) is 29.4 Å². The van der Waals surface area contributed by atoms with Crippen molar-refractivity contribution in [3.05, 3.63) is 82.7 Å². The van der Waals surface area contributed by atoms with Crippen molar-refractivity contribution in [3.8, 4) is 0 Å². The van der Waals surface area contributed by atoms with Gasteiger partial charge in [-0.1, -0.05) is 54.2 Å². The van der Waals surface area contributed by atoms with Crippen LogP contribution in [0.3, 0.4) is 0 Å². The van der Waals surface area contributed by atoms with E-state index in [-0.39, 0.29) is 17.2 Å². The largest absolute Gasteiger partial charge is 0.354 e. The number of fused-ring (bicyclic) bond motifs is 4. The predicted molar refractivity (Wildman–Crippen MR) is 134 cm³/mol. The first-order valence-corrected chi connectivity index (χ1v) is 12.3. The number of nitrogens with one attached hydrogen (secondary N) is 1. The van der Waals surface area contributed by atoms with Crippen LogP contribution in [0.25, 0.3) is 16.7 Å². The third-order valence-electron chi connectivity index (χ3n) is 6.08. The van der Waals surface area contributed by atoms with Crippen molar-refractivity contribution in [1.29, 1.82) is 0 Å². The normalized spacial score (nSPS) is 13.8. The molecule has 2 aromatic heterocycles. The minimum Gasteiger partial charge on any atom is -0.354 e. The van der Waals surface area contributed by atoms with Crippen LogP contribution in [0, 0.1) is 0 Å². The van der Waals surface area contributed by atoms with Crippen molar-refractivity contribution < 1.29 is 4.79 Å². The standard InChI is InChI=1S/C25H26N6O2S/c1-2-13-30-23(33)20-9-5-6-10-21(20)31-24(30)27-28-25(31)34-17-22(32)26-12-15-29-14-11-18-7-3-4-8-19(18)16-29/h2-10H,1,11-17H2,(H,26,32). The van der Waals surface area contributed by atoms with Gasteiger partial charge in [-0.05, 0) is 29.7 Å². The molecule has 0 bridgehead atoms. The Morgan fingerprint density at radius 2 is 1.91 bits per heavy atom. The monoisotopic (exact) mass is 474 g/mol. The quantitative estimate of drug-likeness (QED) is 0.312. The summed E-state index contributed by atoms with van der Waals surface area (Å²) in [6.45, 7) is 7.42. The zero-order valence-corrected chi connectivity index (χ0v) is 19.6. The SMILES string of the molecule is C=CCn1c(=O)c2ccccc2n2c(SCC(=O)NCCN3CCc4ccccc4C3)nnc12. The highest BCUT2D eigenvalue weighted by Gasteiger charge is 2.18. The molecule has 0 unspecified atom stereocenters. The second kappa shape index (κ2) is 9.82. The molecular weight excluding hydrogens is 448 g/mol. The van der Waals surface area contributed by atoms with Gasteiger partial charge in [-0.3, -0.25) is 23.5 Å². The van der Waals surface area contributed by atoms with Gasteiger partial charge in [0.15, 0.2) is 5.16 Å². The molecule has 3 heterocycles. The van der Waals surface area contributed by atoms with E-state index in [1.807, 2.05) is 22.6 Å². The average molecular weight is 475 g/mol. The summed E-state index contributed by atoms with van der Waals surface area (Å²) >= 11 is 1.31. The molecule has 4 aromatic rings. The van der Waals surface area contributed by atoms with Gasteiger partial charge in [0.2, 0.25) is 11.7 Å². The molecule has 174 valence electrons. The number of rotatable bonds is 8. The zero-order chi connectivity index (χ0) is 23.5. The maximum absolute atomic E-state index is 12.9. The van der Waals surface area contributed by atoms with Gasteiger partial charge in [0.05, 0.1) is 16.7 Å². The van der Waals surface area contributed by atoms with Gasteiger partial charge in [-0.25, -0.2) is 0 Å². The summed E-state index contributed by atoms with van der Waals surface area (Å²) in [5, 5.41) is 12.7. The van der Waals surface area contributed by atoms with Crippen LogP contribution in [0.4, 0.5) is 0 Å². The van der Waals surface area contributed by atoms with E-state index < -0.39 is 0 Å². The smallest absolute Gasteiger partial charge is 0.263 e. The molecule has 0 saturated carbocycles. The number of allylic oxidation sites excluding steroid dienone is 1. The third-order valence-corrected chi connectivity index (χ3v) is 7.01. The number of hydrogen-bond acceptors (Lipinski definition) is 6. The first kappa shape index (κ1) is 22.4. The Kier molecular flexibility index (Phi) is 6.46. The van der Waals surface area contributed by atoms with Gasteiger partial charge in [0.25, 0.3) is 5.56 Å². The Hall–Kier alpha value is -3.43. The topological polar surface area (TPSA) is 84.5 Å². The van der Waals surface area contributed by atoms with Crippen LogP contribution in [0.1, 0.15) is 11.1 Å². The molecule has 0 saturated heterocycles. The molecule has 1 aliphatic heterocycles. The van der Waals surface area contributed by atoms with Crippen molar-refractivity contribution >= 4 is 34.3 Å². The lowest BCUT2D eigenvalue weighted by atomic mass is 10.00. The zero-order valence-electron chi connectivity index (χ0n) is 18.8. The molecule has 0 fully saturated rings. The summed E-state index contributed by atoms with van der Waals surface area (Å²) in [6.07, 6.45) is 2.71. The summed E-state index contributed by atoms with van der Waals surface area (Å²) in [5.74, 6) is 0.609. The molecule has 2 aromatic carbocycles. The Morgan fingerprint density at radius 1 is 1.12 bits per heavy atom. The lowest BCUT2D eigenvalue weighted by Gasteiger charge is -2.28. The number of aromatic nitrogens is 4. The minimum atomic E-state index is -0.134. The highest BCUT2D eigenvalue weighted by molar-refractivity contribution is 7.99. The summed E-state index contributed by atoms with van der Waals surface area (Å²) < 4.78 is 3.38. The van der Waals surface area contributed by atoms with Gasteiger partial charge in [-0.15, -0.1) is 16.8 Å². The van der Waals surface area contributed by atoms with Crippen LogP contribution in [0.5, 0.6) is 0 Å². The number of carbonyl (C=O) groups excluding carboxylic acids is 1. The predicted octanol–water partition coefficient (Wildman–Crippen LogP) is 2.50. The Labute approximate surface area is 201 Å². The lowest BCUT2D eigenvalue weighted by molar-refractivity contribution is -0.118. The second-order valence-corrected chi connectivity index (χ2v) is 9.22. The fraction of sp³-hybridized carbons (Fsp3) is 0.280. The lowest BCUT2D eigenvalue weighted by Crippen LogP contribution is -2.38. The highest BCUT2D eigenvalue weighted by atomic mass is 32.2. The van der Waals surface area contributed by atoms with E-state index in [4.69, 9.17) is 0 Å². The van der Waals surface area contributed by atoms with E-state index in [9.17, 15) is 9.59 Å². The maximum atomic E-state index is 12.9. The van der Waals surface area contributed by atoms with Gasteiger partial charge in [0.1, 0.15) is 0 Å². The third kappa shape index (κ3) is 4.36. The number of para-hydroxylation sites is 1. The maximum Gasteiger partial charge on any atom is 0.263 e. The van der Waals surface area contributed by atoms with Crippen molar-refractivity contribution in [2.45, 2.75) is 24.7 Å². The molecule has 0 radical (unpaired) electrons. The number of nitrogens with zero attached hydrogens (tertiary/aromatic N) is 5. The van der Waals surface area contributed by atoms with Crippen LogP contribution in [-0.4, -0.2) is 55.4 Å². The average Bonchev–Trinajstić information content (AvgIpc) is 3.29. The molecule has 5 rings (SSSR count). The van der Waals surface area contributed by atoms with Crippen molar-refractivity contribution in [2.75, 3.05) is 25.4 Å². The molecule has 0 spiro atoms. The molecule has 1 N–H and O–H groups in total. The molecule has 1 aliphatic rings. The van der Waals surface area contributed by atoms with Gasteiger partial charge in [-0.2, -0.15) is 0 Å². The fourth-order valence-electron chi connectivity index (χ4n) is 4.40. The molecule has 0 atom stereocenters. The molecular formula is C25H26N6O2S. The van der Waals surface area contributed by atoms with Crippen molar-refractivity contribution in [1.82, 2.24) is 29.4 Å². The van der Waals surface area contributed by atoms with Crippen LogP contribution in [0.2, 0.25) is 0 Å². The van der Waals surface area contributed by atoms with Crippen LogP contribution in [0.15, 0.2) is 71.1 Å². The first-order chi connectivity index (χ1) is 16.7. The number of amides is 1. The van der Waals surface area contributed by atoms with Gasteiger partial charge in [0, 0.05) is 32.7 Å². The Balaban J connectivity index is 1.23. The first-order valence-electron chi connectivity index (χ1n) is 11.3. The summed E-state index contributed by atoms with van der Waals surface area (Å²) in [4.78, 5) is 27.8. The molecule has 0 aliphatic carbocycles. The summed E-state index contributed by atoms with van der Waals surface area (Å²) in [5.41, 5.74) is 3.38. The van der Waals surface area contributed by atoms with E-state index >= 15 is 0 Å². The van der Waals surface area contributed by atoms with E-state index in [1.54, 1.807) is 16.7 Å². The van der Waals surface area contributed by atoms with Crippen LogP contribution in [-0.2, 0) is 24.3 Å². The highest BCUT2D eigenvalue weighted by Crippen LogP contribution is 2.21. The molecule has 34 heavy (non-hydrogen) atoms. The number of benzene rings is 2. The fourth-order valence-corrected chi connectivity index (χ4v) is 5.17.